The van der Waals surface area contributed by atoms with Crippen LogP contribution in [0.5, 0.6) is 0 Å². The van der Waals surface area contributed by atoms with Gasteiger partial charge in [-0.1, -0.05) is 0 Å². The second kappa shape index (κ2) is 8.60. The number of aryl methyl sites for hydroxylation is 1. The van der Waals surface area contributed by atoms with Crippen molar-refractivity contribution in [3.8, 4) is 10.6 Å². The molecule has 1 fully saturated rings. The topological polar surface area (TPSA) is 87.1 Å². The van der Waals surface area contributed by atoms with Gasteiger partial charge in [-0.05, 0) is 38.2 Å². The minimum atomic E-state index is -0.214. The molecule has 1 saturated heterocycles. The fourth-order valence-corrected chi connectivity index (χ4v) is 4.41. The number of fused-ring (bicyclic) bond motifs is 1. The van der Waals surface area contributed by atoms with Crippen LogP contribution in [0.15, 0.2) is 49.1 Å². The first-order valence-electron chi connectivity index (χ1n) is 10.4. The molecule has 4 aromatic rings. The van der Waals surface area contributed by atoms with Gasteiger partial charge in [-0.15, -0.1) is 11.3 Å². The minimum absolute atomic E-state index is 0.214. The molecule has 0 unspecified atom stereocenters. The van der Waals surface area contributed by atoms with Gasteiger partial charge in [-0.25, -0.2) is 15.0 Å². The molecule has 9 heteroatoms. The first-order chi connectivity index (χ1) is 15.5. The SMILES string of the molecule is Cc1cnc(-c2cnc3cnc(NC(=O)c4ccnc(N5CCN(C)CC5)c4)cc3c2)s1. The first-order valence-corrected chi connectivity index (χ1v) is 11.3. The van der Waals surface area contributed by atoms with Crippen molar-refractivity contribution >= 4 is 39.8 Å². The van der Waals surface area contributed by atoms with E-state index in [0.717, 1.165) is 58.3 Å². The lowest BCUT2D eigenvalue weighted by molar-refractivity contribution is 0.102. The number of hydrogen-bond acceptors (Lipinski definition) is 8. The molecule has 1 aliphatic heterocycles. The van der Waals surface area contributed by atoms with E-state index in [9.17, 15) is 4.79 Å². The number of thiazole rings is 1. The molecule has 0 atom stereocenters. The van der Waals surface area contributed by atoms with Crippen LogP contribution in [0, 0.1) is 6.92 Å². The van der Waals surface area contributed by atoms with Crippen LogP contribution < -0.4 is 10.2 Å². The van der Waals surface area contributed by atoms with Gasteiger partial charge in [-0.3, -0.25) is 9.78 Å². The molecule has 0 aromatic carbocycles. The van der Waals surface area contributed by atoms with E-state index in [-0.39, 0.29) is 5.91 Å². The Hall–Kier alpha value is -3.43. The monoisotopic (exact) mass is 445 g/mol. The van der Waals surface area contributed by atoms with Crippen molar-refractivity contribution in [3.05, 3.63) is 59.5 Å². The molecule has 0 spiro atoms. The number of piperazine rings is 1. The number of nitrogens with zero attached hydrogens (tertiary/aromatic N) is 6. The zero-order valence-electron chi connectivity index (χ0n) is 17.9. The molecule has 0 saturated carbocycles. The van der Waals surface area contributed by atoms with E-state index in [1.165, 1.54) is 0 Å². The summed E-state index contributed by atoms with van der Waals surface area (Å²) in [6.07, 6.45) is 7.01. The summed E-state index contributed by atoms with van der Waals surface area (Å²) in [4.78, 5) is 36.3. The van der Waals surface area contributed by atoms with Gasteiger partial charge in [0.05, 0.1) is 11.7 Å². The van der Waals surface area contributed by atoms with Crippen molar-refractivity contribution < 1.29 is 4.79 Å². The molecule has 4 aromatic heterocycles. The second-order valence-corrected chi connectivity index (χ2v) is 9.14. The smallest absolute Gasteiger partial charge is 0.257 e. The Bertz CT molecular complexity index is 1280. The highest BCUT2D eigenvalue weighted by atomic mass is 32.1. The highest BCUT2D eigenvalue weighted by molar-refractivity contribution is 7.14. The number of anilines is 2. The van der Waals surface area contributed by atoms with Crippen molar-refractivity contribution in [2.45, 2.75) is 6.92 Å². The molecule has 0 bridgehead atoms. The van der Waals surface area contributed by atoms with E-state index in [2.05, 4.69) is 42.1 Å². The Morgan fingerprint density at radius 2 is 1.84 bits per heavy atom. The summed E-state index contributed by atoms with van der Waals surface area (Å²) in [5.41, 5.74) is 2.27. The second-order valence-electron chi connectivity index (χ2n) is 7.91. The Morgan fingerprint density at radius 1 is 1.00 bits per heavy atom. The van der Waals surface area contributed by atoms with Gasteiger partial charge < -0.3 is 15.1 Å². The van der Waals surface area contributed by atoms with Crippen LogP contribution in [-0.2, 0) is 0 Å². The van der Waals surface area contributed by atoms with Crippen LogP contribution in [0.2, 0.25) is 0 Å². The molecule has 5 heterocycles. The quantitative estimate of drug-likeness (QED) is 0.515. The van der Waals surface area contributed by atoms with Crippen LogP contribution in [0.1, 0.15) is 15.2 Å². The summed E-state index contributed by atoms with van der Waals surface area (Å²) in [7, 11) is 2.11. The number of hydrogen-bond donors (Lipinski definition) is 1. The normalized spacial score (nSPS) is 14.6. The molecule has 5 rings (SSSR count). The summed E-state index contributed by atoms with van der Waals surface area (Å²) in [6.45, 7) is 5.79. The molecule has 8 nitrogen and oxygen atoms in total. The average molecular weight is 446 g/mol. The van der Waals surface area contributed by atoms with Crippen molar-refractivity contribution in [2.75, 3.05) is 43.4 Å². The van der Waals surface area contributed by atoms with Crippen molar-refractivity contribution in [3.63, 3.8) is 0 Å². The molecule has 1 aliphatic rings. The van der Waals surface area contributed by atoms with Crippen LogP contribution in [0.3, 0.4) is 0 Å². The van der Waals surface area contributed by atoms with E-state index in [4.69, 9.17) is 0 Å². The van der Waals surface area contributed by atoms with Crippen LogP contribution in [0.25, 0.3) is 21.5 Å². The van der Waals surface area contributed by atoms with Crippen molar-refractivity contribution in [1.82, 2.24) is 24.8 Å². The maximum atomic E-state index is 12.9. The lowest BCUT2D eigenvalue weighted by atomic mass is 10.2. The third kappa shape index (κ3) is 4.30. The van der Waals surface area contributed by atoms with Gasteiger partial charge in [0.25, 0.3) is 5.91 Å². The van der Waals surface area contributed by atoms with E-state index in [1.54, 1.807) is 36.0 Å². The predicted molar refractivity (Wildman–Crippen MR) is 127 cm³/mol. The standard InChI is InChI=1S/C23H23N7OS/c1-15-12-27-23(32-15)18-9-17-10-20(26-14-19(17)25-13-18)28-22(31)16-3-4-24-21(11-16)30-7-5-29(2)6-8-30/h3-4,9-14H,5-8H2,1-2H3,(H,26,28,31). The van der Waals surface area contributed by atoms with E-state index in [1.807, 2.05) is 31.3 Å². The maximum absolute atomic E-state index is 12.9. The first kappa shape index (κ1) is 20.5. The fraction of sp³-hybridized carbons (Fsp3) is 0.261. The zero-order chi connectivity index (χ0) is 22.1. The van der Waals surface area contributed by atoms with E-state index >= 15 is 0 Å². The highest BCUT2D eigenvalue weighted by Crippen LogP contribution is 2.27. The Kier molecular flexibility index (Phi) is 5.50. The highest BCUT2D eigenvalue weighted by Gasteiger charge is 2.17. The molecule has 0 radical (unpaired) electrons. The third-order valence-electron chi connectivity index (χ3n) is 5.51. The van der Waals surface area contributed by atoms with Crippen LogP contribution in [0.4, 0.5) is 11.6 Å². The van der Waals surface area contributed by atoms with Gasteiger partial charge in [0.2, 0.25) is 0 Å². The van der Waals surface area contributed by atoms with Crippen LogP contribution in [-0.4, -0.2) is 64.0 Å². The average Bonchev–Trinajstić information content (AvgIpc) is 3.25. The van der Waals surface area contributed by atoms with Crippen molar-refractivity contribution in [2.24, 2.45) is 0 Å². The zero-order valence-corrected chi connectivity index (χ0v) is 18.8. The third-order valence-corrected chi connectivity index (χ3v) is 6.47. The van der Waals surface area contributed by atoms with E-state index in [0.29, 0.717) is 11.4 Å². The lowest BCUT2D eigenvalue weighted by Crippen LogP contribution is -2.44. The number of carbonyl (C=O) groups excluding carboxylic acids is 1. The number of amides is 1. The predicted octanol–water partition coefficient (Wildman–Crippen LogP) is 3.46. The number of likely N-dealkylation sites (N-methyl/N-ethyl adjacent to an activating group) is 1. The van der Waals surface area contributed by atoms with E-state index < -0.39 is 0 Å². The Labute approximate surface area is 190 Å². The molecule has 162 valence electrons. The molecule has 32 heavy (non-hydrogen) atoms. The van der Waals surface area contributed by atoms with Crippen molar-refractivity contribution in [1.29, 1.82) is 0 Å². The van der Waals surface area contributed by atoms with Crippen LogP contribution >= 0.6 is 11.3 Å². The maximum Gasteiger partial charge on any atom is 0.257 e. The minimum Gasteiger partial charge on any atom is -0.354 e. The van der Waals surface area contributed by atoms with Gasteiger partial charge >= 0.3 is 0 Å². The number of nitrogens with one attached hydrogen (secondary N) is 1. The summed E-state index contributed by atoms with van der Waals surface area (Å²) < 4.78 is 0. The number of rotatable bonds is 4. The summed E-state index contributed by atoms with van der Waals surface area (Å²) in [5.74, 6) is 1.09. The van der Waals surface area contributed by atoms with Gasteiger partial charge in [0.1, 0.15) is 16.6 Å². The summed E-state index contributed by atoms with van der Waals surface area (Å²) in [5, 5.41) is 4.73. The number of aromatic nitrogens is 4. The lowest BCUT2D eigenvalue weighted by Gasteiger charge is -2.33. The summed E-state index contributed by atoms with van der Waals surface area (Å²) in [6, 6.07) is 7.43. The largest absolute Gasteiger partial charge is 0.354 e. The van der Waals surface area contributed by atoms with Gasteiger partial charge in [-0.2, -0.15) is 0 Å². The molecule has 0 aliphatic carbocycles. The molecular weight excluding hydrogens is 422 g/mol. The molecule has 1 amide bonds. The molecular formula is C23H23N7OS. The summed E-state index contributed by atoms with van der Waals surface area (Å²) >= 11 is 1.63. The number of pyridine rings is 3. The number of carbonyl (C=O) groups is 1. The molecule has 1 N–H and O–H groups in total. The Balaban J connectivity index is 1.36. The Morgan fingerprint density at radius 3 is 2.62 bits per heavy atom. The fourth-order valence-electron chi connectivity index (χ4n) is 3.66. The van der Waals surface area contributed by atoms with Gasteiger partial charge in [0, 0.05) is 66.2 Å². The van der Waals surface area contributed by atoms with Gasteiger partial charge in [0.15, 0.2) is 0 Å².